The molecule has 3 heterocycles. The smallest absolute Gasteiger partial charge is 0.162 e. The fraction of sp³-hybridized carbons (Fsp3) is 0.733. The van der Waals surface area contributed by atoms with Crippen LogP contribution in [0, 0.1) is 0 Å². The first-order valence-electron chi connectivity index (χ1n) is 7.63. The Morgan fingerprint density at radius 1 is 1.30 bits per heavy atom. The van der Waals surface area contributed by atoms with Gasteiger partial charge in [0.1, 0.15) is 11.9 Å². The van der Waals surface area contributed by atoms with Crippen LogP contribution in [-0.2, 0) is 17.7 Å². The van der Waals surface area contributed by atoms with Crippen LogP contribution >= 0.6 is 0 Å². The SMILES string of the molecule is CC(C)=CCN1CCc2nnc(C3CCCO3)n2CC1. The predicted molar refractivity (Wildman–Crippen MR) is 77.5 cm³/mol. The first-order chi connectivity index (χ1) is 9.74. The molecule has 20 heavy (non-hydrogen) atoms. The lowest BCUT2D eigenvalue weighted by Crippen LogP contribution is -2.27. The molecule has 0 N–H and O–H groups in total. The van der Waals surface area contributed by atoms with Gasteiger partial charge in [-0.1, -0.05) is 11.6 Å². The maximum Gasteiger partial charge on any atom is 0.162 e. The molecule has 1 fully saturated rings. The molecule has 1 saturated heterocycles. The van der Waals surface area contributed by atoms with Gasteiger partial charge in [0.25, 0.3) is 0 Å². The number of fused-ring (bicyclic) bond motifs is 1. The molecule has 1 aromatic heterocycles. The van der Waals surface area contributed by atoms with Crippen LogP contribution < -0.4 is 0 Å². The van der Waals surface area contributed by atoms with E-state index in [1.54, 1.807) is 0 Å². The molecule has 0 spiro atoms. The van der Waals surface area contributed by atoms with Crippen LogP contribution in [0.5, 0.6) is 0 Å². The lowest BCUT2D eigenvalue weighted by atomic mass is 10.2. The van der Waals surface area contributed by atoms with Crippen LogP contribution in [0.1, 0.15) is 44.4 Å². The van der Waals surface area contributed by atoms with Gasteiger partial charge in [-0.3, -0.25) is 4.90 Å². The second-order valence-electron chi connectivity index (χ2n) is 5.96. The molecule has 5 heteroatoms. The normalized spacial score (nSPS) is 23.4. The van der Waals surface area contributed by atoms with Gasteiger partial charge >= 0.3 is 0 Å². The van der Waals surface area contributed by atoms with Crippen LogP contribution in [0.15, 0.2) is 11.6 Å². The maximum atomic E-state index is 5.76. The number of allylic oxidation sites excluding steroid dienone is 1. The van der Waals surface area contributed by atoms with Gasteiger partial charge < -0.3 is 9.30 Å². The van der Waals surface area contributed by atoms with Gasteiger partial charge in [-0.2, -0.15) is 0 Å². The van der Waals surface area contributed by atoms with Crippen molar-refractivity contribution < 1.29 is 4.74 Å². The molecule has 110 valence electrons. The number of hydrogen-bond donors (Lipinski definition) is 0. The molecule has 1 atom stereocenters. The number of ether oxygens (including phenoxy) is 1. The Morgan fingerprint density at radius 2 is 2.20 bits per heavy atom. The van der Waals surface area contributed by atoms with E-state index >= 15 is 0 Å². The van der Waals surface area contributed by atoms with Gasteiger partial charge in [-0.05, 0) is 26.7 Å². The van der Waals surface area contributed by atoms with Crippen molar-refractivity contribution in [1.29, 1.82) is 0 Å². The average Bonchev–Trinajstić information content (AvgIpc) is 3.03. The third-order valence-corrected chi connectivity index (χ3v) is 4.12. The Balaban J connectivity index is 1.69. The lowest BCUT2D eigenvalue weighted by Gasteiger charge is -2.18. The third-order valence-electron chi connectivity index (χ3n) is 4.12. The summed E-state index contributed by atoms with van der Waals surface area (Å²) >= 11 is 0. The van der Waals surface area contributed by atoms with E-state index in [-0.39, 0.29) is 6.10 Å². The molecule has 2 aliphatic rings. The van der Waals surface area contributed by atoms with Crippen LogP contribution in [0.4, 0.5) is 0 Å². The van der Waals surface area contributed by atoms with Crippen LogP contribution in [0.25, 0.3) is 0 Å². The summed E-state index contributed by atoms with van der Waals surface area (Å²) in [6.45, 7) is 9.32. The number of nitrogens with zero attached hydrogens (tertiary/aromatic N) is 4. The van der Waals surface area contributed by atoms with E-state index in [0.717, 1.165) is 63.7 Å². The zero-order valence-corrected chi connectivity index (χ0v) is 12.5. The van der Waals surface area contributed by atoms with E-state index in [1.807, 2.05) is 0 Å². The molecular weight excluding hydrogens is 252 g/mol. The highest BCUT2D eigenvalue weighted by molar-refractivity contribution is 5.03. The summed E-state index contributed by atoms with van der Waals surface area (Å²) in [5.74, 6) is 2.16. The van der Waals surface area contributed by atoms with Crippen molar-refractivity contribution in [3.8, 4) is 0 Å². The van der Waals surface area contributed by atoms with Crippen molar-refractivity contribution in [1.82, 2.24) is 19.7 Å². The monoisotopic (exact) mass is 276 g/mol. The van der Waals surface area contributed by atoms with Crippen LogP contribution in [0.2, 0.25) is 0 Å². The van der Waals surface area contributed by atoms with E-state index in [2.05, 4.69) is 39.6 Å². The van der Waals surface area contributed by atoms with E-state index in [0.29, 0.717) is 0 Å². The summed E-state index contributed by atoms with van der Waals surface area (Å²) in [4.78, 5) is 2.49. The molecule has 0 aromatic carbocycles. The molecule has 1 unspecified atom stereocenters. The summed E-state index contributed by atoms with van der Waals surface area (Å²) in [5, 5.41) is 8.76. The minimum Gasteiger partial charge on any atom is -0.370 e. The highest BCUT2D eigenvalue weighted by Crippen LogP contribution is 2.28. The second-order valence-corrected chi connectivity index (χ2v) is 5.96. The summed E-state index contributed by atoms with van der Waals surface area (Å²) in [7, 11) is 0. The predicted octanol–water partition coefficient (Wildman–Crippen LogP) is 1.95. The first kappa shape index (κ1) is 13.8. The highest BCUT2D eigenvalue weighted by Gasteiger charge is 2.26. The minimum atomic E-state index is 0.167. The fourth-order valence-electron chi connectivity index (χ4n) is 2.90. The summed E-state index contributed by atoms with van der Waals surface area (Å²) in [6, 6.07) is 0. The van der Waals surface area contributed by atoms with Crippen LogP contribution in [0.3, 0.4) is 0 Å². The van der Waals surface area contributed by atoms with Crippen LogP contribution in [-0.4, -0.2) is 45.9 Å². The number of hydrogen-bond acceptors (Lipinski definition) is 4. The molecule has 3 rings (SSSR count). The zero-order valence-electron chi connectivity index (χ0n) is 12.5. The fourth-order valence-corrected chi connectivity index (χ4v) is 2.90. The number of rotatable bonds is 3. The Kier molecular flexibility index (Phi) is 4.17. The molecule has 0 saturated carbocycles. The van der Waals surface area contributed by atoms with Crippen molar-refractivity contribution in [2.45, 2.75) is 45.8 Å². The van der Waals surface area contributed by atoms with Crippen molar-refractivity contribution in [3.05, 3.63) is 23.3 Å². The Labute approximate surface area is 120 Å². The van der Waals surface area contributed by atoms with Crippen molar-refractivity contribution >= 4 is 0 Å². The van der Waals surface area contributed by atoms with Crippen molar-refractivity contribution in [3.63, 3.8) is 0 Å². The van der Waals surface area contributed by atoms with Crippen molar-refractivity contribution in [2.75, 3.05) is 26.2 Å². The van der Waals surface area contributed by atoms with E-state index in [9.17, 15) is 0 Å². The maximum absolute atomic E-state index is 5.76. The molecule has 5 nitrogen and oxygen atoms in total. The first-order valence-corrected chi connectivity index (χ1v) is 7.63. The van der Waals surface area contributed by atoms with Gasteiger partial charge in [0, 0.05) is 39.2 Å². The highest BCUT2D eigenvalue weighted by atomic mass is 16.5. The van der Waals surface area contributed by atoms with Crippen molar-refractivity contribution in [2.24, 2.45) is 0 Å². The quantitative estimate of drug-likeness (QED) is 0.792. The zero-order chi connectivity index (χ0) is 13.9. The Hall–Kier alpha value is -1.20. The summed E-state index contributed by atoms with van der Waals surface area (Å²) in [6.07, 6.45) is 5.67. The molecule has 0 aliphatic carbocycles. The van der Waals surface area contributed by atoms with E-state index in [1.165, 1.54) is 5.57 Å². The van der Waals surface area contributed by atoms with Gasteiger partial charge in [-0.15, -0.1) is 10.2 Å². The molecule has 0 radical (unpaired) electrons. The Morgan fingerprint density at radius 3 is 2.95 bits per heavy atom. The Bertz CT molecular complexity index is 484. The summed E-state index contributed by atoms with van der Waals surface area (Å²) in [5.41, 5.74) is 1.38. The van der Waals surface area contributed by atoms with Gasteiger partial charge in [0.2, 0.25) is 0 Å². The summed E-state index contributed by atoms with van der Waals surface area (Å²) < 4.78 is 8.05. The molecule has 1 aromatic rings. The van der Waals surface area contributed by atoms with E-state index < -0.39 is 0 Å². The second kappa shape index (κ2) is 6.06. The minimum absolute atomic E-state index is 0.167. The standard InChI is InChI=1S/C15H24N4O/c1-12(2)5-7-18-8-6-14-16-17-15(19(14)10-9-18)13-4-3-11-20-13/h5,13H,3-4,6-11H2,1-2H3. The molecule has 2 aliphatic heterocycles. The lowest BCUT2D eigenvalue weighted by molar-refractivity contribution is 0.101. The van der Waals surface area contributed by atoms with E-state index in [4.69, 9.17) is 4.74 Å². The topological polar surface area (TPSA) is 43.2 Å². The molecule has 0 bridgehead atoms. The van der Waals surface area contributed by atoms with Gasteiger partial charge in [0.05, 0.1) is 0 Å². The van der Waals surface area contributed by atoms with Gasteiger partial charge in [-0.25, -0.2) is 0 Å². The molecule has 0 amide bonds. The van der Waals surface area contributed by atoms with Gasteiger partial charge in [0.15, 0.2) is 5.82 Å². The average molecular weight is 276 g/mol. The molecular formula is C15H24N4O. The number of aromatic nitrogens is 3. The third kappa shape index (κ3) is 2.94. The largest absolute Gasteiger partial charge is 0.370 e.